The van der Waals surface area contributed by atoms with Crippen LogP contribution in [0.1, 0.15) is 19.8 Å². The third-order valence-corrected chi connectivity index (χ3v) is 2.13. The van der Waals surface area contributed by atoms with Crippen LogP contribution < -0.4 is 5.73 Å². The van der Waals surface area contributed by atoms with Crippen molar-refractivity contribution in [1.29, 1.82) is 0 Å². The lowest BCUT2D eigenvalue weighted by Crippen LogP contribution is -2.33. The fourth-order valence-electron chi connectivity index (χ4n) is 0.788. The standard InChI is InChI=1S/C6H13NO.ClH/c1-6(2-3-6)5(7)4-8;/h5,8H,2-4,7H2,1H3;1H/t5-;/m1./s1. The zero-order valence-corrected chi connectivity index (χ0v) is 6.45. The predicted octanol–water partition coefficient (Wildman–Crippen LogP) is 0.528. The Morgan fingerprint density at radius 1 is 1.67 bits per heavy atom. The molecule has 0 aromatic carbocycles. The minimum Gasteiger partial charge on any atom is -0.395 e. The molecule has 0 heterocycles. The van der Waals surface area contributed by atoms with E-state index in [1.807, 2.05) is 0 Å². The van der Waals surface area contributed by atoms with Crippen molar-refractivity contribution >= 4 is 12.4 Å². The quantitative estimate of drug-likeness (QED) is 0.605. The second-order valence-electron chi connectivity index (χ2n) is 2.94. The normalized spacial score (nSPS) is 24.3. The molecule has 0 saturated heterocycles. The largest absolute Gasteiger partial charge is 0.395 e. The predicted molar refractivity (Wildman–Crippen MR) is 39.7 cm³/mol. The molecule has 3 N–H and O–H groups in total. The van der Waals surface area contributed by atoms with Gasteiger partial charge in [-0.3, -0.25) is 0 Å². The van der Waals surface area contributed by atoms with Crippen LogP contribution in [0.25, 0.3) is 0 Å². The van der Waals surface area contributed by atoms with Gasteiger partial charge in [0, 0.05) is 6.04 Å². The van der Waals surface area contributed by atoms with Crippen LogP contribution >= 0.6 is 12.4 Å². The summed E-state index contributed by atoms with van der Waals surface area (Å²) >= 11 is 0. The Kier molecular flexibility index (Phi) is 2.93. The summed E-state index contributed by atoms with van der Waals surface area (Å²) in [5.74, 6) is 0. The topological polar surface area (TPSA) is 46.2 Å². The Morgan fingerprint density at radius 2 is 2.11 bits per heavy atom. The van der Waals surface area contributed by atoms with Gasteiger partial charge in [0.15, 0.2) is 0 Å². The zero-order valence-electron chi connectivity index (χ0n) is 5.63. The molecule has 0 aliphatic heterocycles. The Balaban J connectivity index is 0.000000640. The van der Waals surface area contributed by atoms with Crippen molar-refractivity contribution in [2.45, 2.75) is 25.8 Å². The van der Waals surface area contributed by atoms with E-state index >= 15 is 0 Å². The number of aliphatic hydroxyl groups excluding tert-OH is 1. The highest BCUT2D eigenvalue weighted by Crippen LogP contribution is 2.46. The maximum atomic E-state index is 8.59. The molecule has 2 nitrogen and oxygen atoms in total. The van der Waals surface area contributed by atoms with Crippen molar-refractivity contribution in [3.8, 4) is 0 Å². The third-order valence-electron chi connectivity index (χ3n) is 2.13. The summed E-state index contributed by atoms with van der Waals surface area (Å²) in [5, 5.41) is 8.59. The molecule has 1 aliphatic rings. The molecular formula is C6H14ClNO. The van der Waals surface area contributed by atoms with Crippen molar-refractivity contribution in [1.82, 2.24) is 0 Å². The van der Waals surface area contributed by atoms with Gasteiger partial charge in [0.25, 0.3) is 0 Å². The molecule has 0 unspecified atom stereocenters. The molecule has 9 heavy (non-hydrogen) atoms. The van der Waals surface area contributed by atoms with E-state index in [2.05, 4.69) is 6.92 Å². The molecule has 0 aromatic rings. The highest BCUT2D eigenvalue weighted by molar-refractivity contribution is 5.85. The molecule has 1 atom stereocenters. The van der Waals surface area contributed by atoms with Gasteiger partial charge in [-0.1, -0.05) is 6.92 Å². The van der Waals surface area contributed by atoms with Gasteiger partial charge >= 0.3 is 0 Å². The molecule has 1 rings (SSSR count). The van der Waals surface area contributed by atoms with Crippen LogP contribution in [0, 0.1) is 5.41 Å². The summed E-state index contributed by atoms with van der Waals surface area (Å²) in [6.45, 7) is 2.25. The van der Waals surface area contributed by atoms with Crippen LogP contribution in [0.2, 0.25) is 0 Å². The lowest BCUT2D eigenvalue weighted by atomic mass is 10.0. The maximum Gasteiger partial charge on any atom is 0.0587 e. The SMILES string of the molecule is CC1([C@H](N)CO)CC1.Cl. The summed E-state index contributed by atoms with van der Waals surface area (Å²) in [4.78, 5) is 0. The molecule has 1 aliphatic carbocycles. The van der Waals surface area contributed by atoms with Crippen molar-refractivity contribution in [2.75, 3.05) is 6.61 Å². The van der Waals surface area contributed by atoms with Crippen LogP contribution in [-0.4, -0.2) is 17.8 Å². The van der Waals surface area contributed by atoms with Gasteiger partial charge in [0.2, 0.25) is 0 Å². The van der Waals surface area contributed by atoms with Crippen LogP contribution in [0.4, 0.5) is 0 Å². The number of hydrogen-bond donors (Lipinski definition) is 2. The molecule has 0 aromatic heterocycles. The number of rotatable bonds is 2. The van der Waals surface area contributed by atoms with Crippen molar-refractivity contribution in [3.05, 3.63) is 0 Å². The smallest absolute Gasteiger partial charge is 0.0587 e. The summed E-state index contributed by atoms with van der Waals surface area (Å²) in [6, 6.07) is 0.0162. The molecule has 56 valence electrons. The van der Waals surface area contributed by atoms with E-state index in [-0.39, 0.29) is 30.5 Å². The van der Waals surface area contributed by atoms with Crippen molar-refractivity contribution in [3.63, 3.8) is 0 Å². The Morgan fingerprint density at radius 3 is 2.22 bits per heavy atom. The zero-order chi connectivity index (χ0) is 6.20. The fraction of sp³-hybridized carbons (Fsp3) is 1.00. The number of hydrogen-bond acceptors (Lipinski definition) is 2. The summed E-state index contributed by atoms with van der Waals surface area (Å²) in [5.41, 5.74) is 5.85. The summed E-state index contributed by atoms with van der Waals surface area (Å²) in [7, 11) is 0. The van der Waals surface area contributed by atoms with E-state index in [4.69, 9.17) is 10.8 Å². The average molecular weight is 152 g/mol. The molecule has 3 heteroatoms. The molecule has 0 amide bonds. The van der Waals surface area contributed by atoms with Crippen LogP contribution in [0.15, 0.2) is 0 Å². The monoisotopic (exact) mass is 151 g/mol. The maximum absolute atomic E-state index is 8.59. The minimum atomic E-state index is 0. The van der Waals surface area contributed by atoms with E-state index in [0.29, 0.717) is 0 Å². The van der Waals surface area contributed by atoms with Gasteiger partial charge in [0.05, 0.1) is 6.61 Å². The Bertz CT molecular complexity index is 93.1. The number of halogens is 1. The molecule has 0 radical (unpaired) electrons. The fourth-order valence-corrected chi connectivity index (χ4v) is 0.788. The Labute approximate surface area is 61.8 Å². The van der Waals surface area contributed by atoms with Crippen molar-refractivity contribution < 1.29 is 5.11 Å². The summed E-state index contributed by atoms with van der Waals surface area (Å²) < 4.78 is 0. The van der Waals surface area contributed by atoms with E-state index in [0.717, 1.165) is 0 Å². The molecule has 0 spiro atoms. The number of nitrogens with two attached hydrogens (primary N) is 1. The molecule has 1 fully saturated rings. The number of aliphatic hydroxyl groups is 1. The van der Waals surface area contributed by atoms with Gasteiger partial charge in [-0.25, -0.2) is 0 Å². The molecular weight excluding hydrogens is 138 g/mol. The van der Waals surface area contributed by atoms with E-state index in [1.54, 1.807) is 0 Å². The first-order valence-corrected chi connectivity index (χ1v) is 3.05. The van der Waals surface area contributed by atoms with E-state index < -0.39 is 0 Å². The van der Waals surface area contributed by atoms with Gasteiger partial charge in [-0.15, -0.1) is 12.4 Å². The summed E-state index contributed by atoms with van der Waals surface area (Å²) in [6.07, 6.45) is 2.38. The minimum absolute atomic E-state index is 0. The highest BCUT2D eigenvalue weighted by Gasteiger charge is 2.42. The second-order valence-corrected chi connectivity index (χ2v) is 2.94. The first kappa shape index (κ1) is 9.21. The van der Waals surface area contributed by atoms with E-state index in [9.17, 15) is 0 Å². The lowest BCUT2D eigenvalue weighted by molar-refractivity contribution is 0.224. The lowest BCUT2D eigenvalue weighted by Gasteiger charge is -2.14. The van der Waals surface area contributed by atoms with Gasteiger partial charge in [0.1, 0.15) is 0 Å². The van der Waals surface area contributed by atoms with Crippen LogP contribution in [0.3, 0.4) is 0 Å². The van der Waals surface area contributed by atoms with Gasteiger partial charge < -0.3 is 10.8 Å². The van der Waals surface area contributed by atoms with E-state index in [1.165, 1.54) is 12.8 Å². The molecule has 1 saturated carbocycles. The first-order chi connectivity index (χ1) is 3.69. The molecule has 0 bridgehead atoms. The Hall–Kier alpha value is 0.210. The third kappa shape index (κ3) is 1.81. The second kappa shape index (κ2) is 2.86. The van der Waals surface area contributed by atoms with Gasteiger partial charge in [-0.2, -0.15) is 0 Å². The van der Waals surface area contributed by atoms with Gasteiger partial charge in [-0.05, 0) is 18.3 Å². The highest BCUT2D eigenvalue weighted by atomic mass is 35.5. The average Bonchev–Trinajstić information content (AvgIpc) is 2.47. The first-order valence-electron chi connectivity index (χ1n) is 3.05. The van der Waals surface area contributed by atoms with Crippen LogP contribution in [-0.2, 0) is 0 Å². The van der Waals surface area contributed by atoms with Crippen LogP contribution in [0.5, 0.6) is 0 Å². The van der Waals surface area contributed by atoms with Crippen molar-refractivity contribution in [2.24, 2.45) is 11.1 Å².